The number of fused-ring (bicyclic) bond motifs is 4. The van der Waals surface area contributed by atoms with Gasteiger partial charge < -0.3 is 23.7 Å². The third-order valence-corrected chi connectivity index (χ3v) is 13.4. The Kier molecular flexibility index (Phi) is 6.74. The molecule has 2 aliphatic carbocycles. The number of aromatic nitrogens is 3. The normalized spacial score (nSPS) is 56.7. The summed E-state index contributed by atoms with van der Waals surface area (Å²) in [6.07, 6.45) is 7.99. The summed E-state index contributed by atoms with van der Waals surface area (Å²) in [6.45, 7) is 13.2. The Morgan fingerprint density at radius 3 is 1.93 bits per heavy atom. The Balaban J connectivity index is 0.928. The van der Waals surface area contributed by atoms with Crippen LogP contribution in [0.25, 0.3) is 0 Å². The van der Waals surface area contributed by atoms with Gasteiger partial charge in [-0.3, -0.25) is 0 Å². The van der Waals surface area contributed by atoms with Crippen LogP contribution in [0, 0.1) is 47.3 Å². The molecule has 8 saturated heterocycles. The van der Waals surface area contributed by atoms with Crippen LogP contribution in [0.4, 0.5) is 0 Å². The first-order valence-corrected chi connectivity index (χ1v) is 17.5. The van der Waals surface area contributed by atoms with Crippen molar-refractivity contribution in [3.63, 3.8) is 0 Å². The third kappa shape index (κ3) is 4.16. The fraction of sp³-hybridized carbons (Fsp3) is 0.939. The predicted octanol–water partition coefficient (Wildman–Crippen LogP) is 5.38. The average molecular weight is 632 g/mol. The number of ether oxygens (including phenoxy) is 5. The Bertz CT molecular complexity index is 1320. The maximum absolute atomic E-state index is 6.76. The van der Waals surface area contributed by atoms with Gasteiger partial charge in [-0.15, -0.1) is 5.10 Å². The molecule has 8 aliphatic heterocycles. The van der Waals surface area contributed by atoms with E-state index in [0.717, 1.165) is 57.1 Å². The summed E-state index contributed by atoms with van der Waals surface area (Å²) < 4.78 is 34.7. The van der Waals surface area contributed by atoms with Crippen molar-refractivity contribution in [3.05, 3.63) is 11.9 Å². The van der Waals surface area contributed by atoms with E-state index in [4.69, 9.17) is 43.2 Å². The summed E-state index contributed by atoms with van der Waals surface area (Å²) in [4.78, 5) is 24.5. The summed E-state index contributed by atoms with van der Waals surface area (Å²) in [7, 11) is 0. The topological polar surface area (TPSA) is 114 Å². The predicted molar refractivity (Wildman–Crippen MR) is 154 cm³/mol. The Morgan fingerprint density at radius 1 is 0.733 bits per heavy atom. The number of nitrogens with zero attached hydrogens (tertiary/aromatic N) is 3. The second-order valence-electron chi connectivity index (χ2n) is 16.1. The van der Waals surface area contributed by atoms with Gasteiger partial charge in [-0.2, -0.15) is 0 Å². The number of hydrogen-bond donors (Lipinski definition) is 0. The molecule has 1 aromatic heterocycles. The lowest BCUT2D eigenvalue weighted by atomic mass is 9.58. The van der Waals surface area contributed by atoms with E-state index < -0.39 is 41.6 Å². The standard InChI is InChI=1S/C33H49N3O9/c1-17-7-9-24-19(3)26(38-28-32(24)22(17)11-13-30(5,40-28)42-44-32)36-15-21(34-35-36)16-37-27-20(4)25-10-8-18(2)23-12-14-31(6)41-29(39-27)33(23,25)45-43-31/h15,17-20,22-29H,7-14,16H2,1-6H3/t17-,18-,19-,20-,22+,23+,24+,25+,26?,27-,28-,29-,30?,31?,32-,33-/m1/s1. The molecule has 0 radical (unpaired) electrons. The minimum atomic E-state index is -0.815. The summed E-state index contributed by atoms with van der Waals surface area (Å²) >= 11 is 0. The van der Waals surface area contributed by atoms with Gasteiger partial charge in [0.1, 0.15) is 5.69 Å². The monoisotopic (exact) mass is 631 g/mol. The molecule has 10 aliphatic rings. The van der Waals surface area contributed by atoms with Gasteiger partial charge in [-0.25, -0.2) is 24.2 Å². The van der Waals surface area contributed by atoms with E-state index in [9.17, 15) is 0 Å². The fourth-order valence-corrected chi connectivity index (χ4v) is 10.9. The molecule has 9 heterocycles. The molecule has 12 heteroatoms. The van der Waals surface area contributed by atoms with Gasteiger partial charge in [-0.05, 0) is 76.0 Å². The zero-order chi connectivity index (χ0) is 30.9. The van der Waals surface area contributed by atoms with Crippen molar-refractivity contribution in [2.24, 2.45) is 47.3 Å². The summed E-state index contributed by atoms with van der Waals surface area (Å²) in [5, 5.41) is 9.05. The molecular weight excluding hydrogens is 582 g/mol. The van der Waals surface area contributed by atoms with Gasteiger partial charge in [0.2, 0.25) is 11.6 Å². The highest BCUT2D eigenvalue weighted by Gasteiger charge is 2.71. The molecule has 3 unspecified atom stereocenters. The first-order chi connectivity index (χ1) is 21.6. The molecule has 12 nitrogen and oxygen atoms in total. The quantitative estimate of drug-likeness (QED) is 0.399. The van der Waals surface area contributed by atoms with Crippen LogP contribution in [0.2, 0.25) is 0 Å². The van der Waals surface area contributed by atoms with E-state index in [2.05, 4.69) is 38.0 Å². The molecule has 11 rings (SSSR count). The summed E-state index contributed by atoms with van der Waals surface area (Å²) in [5.74, 6) is 0.665. The molecule has 2 spiro atoms. The van der Waals surface area contributed by atoms with Gasteiger partial charge in [-0.1, -0.05) is 32.9 Å². The fourth-order valence-electron chi connectivity index (χ4n) is 10.9. The molecule has 0 aromatic carbocycles. The van der Waals surface area contributed by atoms with E-state index in [1.54, 1.807) is 0 Å². The van der Waals surface area contributed by atoms with Crippen molar-refractivity contribution in [3.8, 4) is 0 Å². The van der Waals surface area contributed by atoms with E-state index in [0.29, 0.717) is 23.7 Å². The number of hydrogen-bond acceptors (Lipinski definition) is 11. The van der Waals surface area contributed by atoms with E-state index in [1.165, 1.54) is 0 Å². The van der Waals surface area contributed by atoms with Crippen LogP contribution >= 0.6 is 0 Å². The first-order valence-electron chi connectivity index (χ1n) is 17.5. The van der Waals surface area contributed by atoms with Crippen molar-refractivity contribution in [1.82, 2.24) is 15.0 Å². The molecule has 0 amide bonds. The average Bonchev–Trinajstić information content (AvgIpc) is 3.21. The van der Waals surface area contributed by atoms with Crippen LogP contribution in [0.15, 0.2) is 6.20 Å². The molecule has 45 heavy (non-hydrogen) atoms. The lowest BCUT2D eigenvalue weighted by Crippen LogP contribution is -2.70. The Morgan fingerprint density at radius 2 is 1.31 bits per heavy atom. The second-order valence-corrected chi connectivity index (χ2v) is 16.1. The largest absolute Gasteiger partial charge is 0.346 e. The van der Waals surface area contributed by atoms with Gasteiger partial charge in [0.15, 0.2) is 36.3 Å². The molecule has 2 saturated carbocycles. The van der Waals surface area contributed by atoms with Crippen molar-refractivity contribution < 1.29 is 43.2 Å². The smallest absolute Gasteiger partial charge is 0.201 e. The molecule has 250 valence electrons. The van der Waals surface area contributed by atoms with Crippen LogP contribution in [0.1, 0.15) is 105 Å². The SMILES string of the molecule is C[C@H]1[C@H](OCc2cn(C3O[C@@H]4OC5(C)CC[C@H]6[C@H](C)CC[C@@H]([C@H]3C)[C@@]46OO5)nn2)O[C@@H]2OC3(C)CC[C@H]4[C@H](C)CC[C@@H]1[C@@]24OO3. The van der Waals surface area contributed by atoms with Crippen molar-refractivity contribution in [2.75, 3.05) is 0 Å². The highest BCUT2D eigenvalue weighted by atomic mass is 17.3. The summed E-state index contributed by atoms with van der Waals surface area (Å²) in [5.41, 5.74) is -0.496. The van der Waals surface area contributed by atoms with E-state index >= 15 is 0 Å². The Hall–Kier alpha value is -1.22. The summed E-state index contributed by atoms with van der Waals surface area (Å²) in [6, 6.07) is 0. The minimum absolute atomic E-state index is 0.0897. The van der Waals surface area contributed by atoms with E-state index in [-0.39, 0.29) is 36.5 Å². The van der Waals surface area contributed by atoms with Gasteiger partial charge >= 0.3 is 0 Å². The maximum atomic E-state index is 6.76. The first kappa shape index (κ1) is 29.9. The van der Waals surface area contributed by atoms with Crippen LogP contribution < -0.4 is 0 Å². The molecular formula is C33H49N3O9. The molecule has 0 N–H and O–H groups in total. The number of rotatable bonds is 4. The lowest BCUT2D eigenvalue weighted by molar-refractivity contribution is -0.577. The molecule has 4 bridgehead atoms. The lowest BCUT2D eigenvalue weighted by Gasteiger charge is -2.60. The van der Waals surface area contributed by atoms with E-state index in [1.807, 2.05) is 24.7 Å². The maximum Gasteiger partial charge on any atom is 0.201 e. The molecule has 16 atom stereocenters. The van der Waals surface area contributed by atoms with Crippen molar-refractivity contribution >= 4 is 0 Å². The minimum Gasteiger partial charge on any atom is -0.346 e. The highest BCUT2D eigenvalue weighted by molar-refractivity contribution is 5.11. The van der Waals surface area contributed by atoms with Crippen LogP contribution in [0.5, 0.6) is 0 Å². The Labute approximate surface area is 264 Å². The van der Waals surface area contributed by atoms with Gasteiger partial charge in [0, 0.05) is 36.5 Å². The second kappa shape index (κ2) is 10.1. The van der Waals surface area contributed by atoms with Crippen LogP contribution in [-0.2, 0) is 49.8 Å². The molecule has 1 aromatic rings. The van der Waals surface area contributed by atoms with Crippen LogP contribution in [0.3, 0.4) is 0 Å². The third-order valence-electron chi connectivity index (χ3n) is 13.4. The van der Waals surface area contributed by atoms with Gasteiger partial charge in [0.05, 0.1) is 12.8 Å². The zero-order valence-corrected chi connectivity index (χ0v) is 27.4. The van der Waals surface area contributed by atoms with Crippen molar-refractivity contribution in [1.29, 1.82) is 0 Å². The van der Waals surface area contributed by atoms with Crippen LogP contribution in [-0.4, -0.2) is 56.6 Å². The zero-order valence-electron chi connectivity index (χ0n) is 27.4. The molecule has 10 fully saturated rings. The highest BCUT2D eigenvalue weighted by Crippen LogP contribution is 2.63. The van der Waals surface area contributed by atoms with Gasteiger partial charge in [0.25, 0.3) is 0 Å². The van der Waals surface area contributed by atoms with Crippen molar-refractivity contribution in [2.45, 2.75) is 147 Å².